The van der Waals surface area contributed by atoms with Gasteiger partial charge in [0.05, 0.1) is 18.6 Å². The van der Waals surface area contributed by atoms with E-state index in [1.165, 1.54) is 4.90 Å². The molecule has 1 aromatic carbocycles. The third-order valence-electron chi connectivity index (χ3n) is 4.96. The van der Waals surface area contributed by atoms with Gasteiger partial charge in [-0.15, -0.1) is 0 Å². The molecule has 0 amide bonds. The fourth-order valence-corrected chi connectivity index (χ4v) is 3.51. The Morgan fingerprint density at radius 2 is 1.61 bits per heavy atom. The number of piperidine rings is 1. The summed E-state index contributed by atoms with van der Waals surface area (Å²) in [5.41, 5.74) is 2.52. The molecule has 28 heavy (non-hydrogen) atoms. The number of alkyl halides is 3. The molecule has 0 N–H and O–H groups in total. The van der Waals surface area contributed by atoms with Crippen LogP contribution in [0.15, 0.2) is 55.2 Å². The quantitative estimate of drug-likeness (QED) is 0.673. The molecule has 146 valence electrons. The van der Waals surface area contributed by atoms with Gasteiger partial charge in [-0.1, -0.05) is 30.3 Å². The van der Waals surface area contributed by atoms with Crippen LogP contribution in [0.4, 0.5) is 13.2 Å². The summed E-state index contributed by atoms with van der Waals surface area (Å²) < 4.78 is 39.5. The molecule has 1 fully saturated rings. The van der Waals surface area contributed by atoms with Crippen molar-refractivity contribution in [2.45, 2.75) is 25.1 Å². The Morgan fingerprint density at radius 1 is 0.929 bits per heavy atom. The van der Waals surface area contributed by atoms with E-state index in [0.29, 0.717) is 31.8 Å². The number of halogens is 3. The summed E-state index contributed by atoms with van der Waals surface area (Å²) in [6.07, 6.45) is 4.36. The minimum atomic E-state index is -4.14. The molecule has 8 heteroatoms. The van der Waals surface area contributed by atoms with Crippen molar-refractivity contribution < 1.29 is 13.2 Å². The zero-order valence-corrected chi connectivity index (χ0v) is 15.2. The molecule has 0 spiro atoms. The van der Waals surface area contributed by atoms with E-state index < -0.39 is 12.7 Å². The molecule has 1 aliphatic heterocycles. The van der Waals surface area contributed by atoms with Crippen molar-refractivity contribution in [3.05, 3.63) is 55.2 Å². The van der Waals surface area contributed by atoms with E-state index in [-0.39, 0.29) is 6.04 Å². The number of hydrogen-bond donors (Lipinski definition) is 0. The lowest BCUT2D eigenvalue weighted by atomic mass is 10.0. The van der Waals surface area contributed by atoms with Crippen molar-refractivity contribution in [2.75, 3.05) is 19.6 Å². The van der Waals surface area contributed by atoms with Crippen molar-refractivity contribution in [2.24, 2.45) is 0 Å². The van der Waals surface area contributed by atoms with Gasteiger partial charge in [0.1, 0.15) is 0 Å². The van der Waals surface area contributed by atoms with Crippen LogP contribution < -0.4 is 0 Å². The maximum Gasteiger partial charge on any atom is 0.401 e. The predicted molar refractivity (Wildman–Crippen MR) is 99.5 cm³/mol. The van der Waals surface area contributed by atoms with Crippen LogP contribution in [-0.2, 0) is 0 Å². The van der Waals surface area contributed by atoms with Crippen LogP contribution in [-0.4, -0.2) is 50.2 Å². The van der Waals surface area contributed by atoms with Gasteiger partial charge in [-0.25, -0.2) is 15.0 Å². The second-order valence-electron chi connectivity index (χ2n) is 6.99. The average Bonchev–Trinajstić information content (AvgIpc) is 3.18. The average molecular weight is 387 g/mol. The molecule has 5 nitrogen and oxygen atoms in total. The highest BCUT2D eigenvalue weighted by molar-refractivity contribution is 5.60. The zero-order chi connectivity index (χ0) is 19.6. The van der Waals surface area contributed by atoms with E-state index in [0.717, 1.165) is 16.8 Å². The first-order valence-electron chi connectivity index (χ1n) is 9.18. The topological polar surface area (TPSA) is 46.8 Å². The van der Waals surface area contributed by atoms with Gasteiger partial charge in [0.15, 0.2) is 5.82 Å². The van der Waals surface area contributed by atoms with Gasteiger partial charge in [0.25, 0.3) is 0 Å². The van der Waals surface area contributed by atoms with Crippen molar-refractivity contribution in [3.63, 3.8) is 0 Å². The number of aromatic nitrogens is 4. The third kappa shape index (κ3) is 4.39. The molecule has 3 aromatic rings. The number of hydrogen-bond acceptors (Lipinski definition) is 4. The molecular formula is C20H20F3N5. The third-order valence-corrected chi connectivity index (χ3v) is 4.96. The number of likely N-dealkylation sites (tertiary alicyclic amines) is 1. The molecule has 1 saturated heterocycles. The van der Waals surface area contributed by atoms with Crippen molar-refractivity contribution in [1.82, 2.24) is 24.4 Å². The lowest BCUT2D eigenvalue weighted by Crippen LogP contribution is -2.40. The Morgan fingerprint density at radius 3 is 2.25 bits per heavy atom. The molecule has 0 radical (unpaired) electrons. The van der Waals surface area contributed by atoms with Gasteiger partial charge in [0.2, 0.25) is 0 Å². The lowest BCUT2D eigenvalue weighted by Gasteiger charge is -2.32. The monoisotopic (exact) mass is 387 g/mol. The zero-order valence-electron chi connectivity index (χ0n) is 15.2. The fraction of sp³-hybridized carbons (Fsp3) is 0.350. The van der Waals surface area contributed by atoms with Crippen LogP contribution in [0.2, 0.25) is 0 Å². The molecule has 0 bridgehead atoms. The van der Waals surface area contributed by atoms with Crippen LogP contribution in [0.3, 0.4) is 0 Å². The smallest absolute Gasteiger partial charge is 0.334 e. The minimum Gasteiger partial charge on any atom is -0.334 e. The summed E-state index contributed by atoms with van der Waals surface area (Å²) in [5, 5.41) is 0. The first kappa shape index (κ1) is 18.6. The number of nitrogens with zero attached hydrogens (tertiary/aromatic N) is 5. The second-order valence-corrected chi connectivity index (χ2v) is 6.99. The largest absolute Gasteiger partial charge is 0.401 e. The SMILES string of the molecule is FC(F)(F)CN1CCC(n2cnc(-c3cnc(-c4ccccc4)nc3)c2)CC1. The Hall–Kier alpha value is -2.74. The van der Waals surface area contributed by atoms with Gasteiger partial charge in [-0.3, -0.25) is 4.90 Å². The van der Waals surface area contributed by atoms with E-state index in [1.807, 2.05) is 41.1 Å². The summed E-state index contributed by atoms with van der Waals surface area (Å²) >= 11 is 0. The van der Waals surface area contributed by atoms with Crippen molar-refractivity contribution >= 4 is 0 Å². The number of benzene rings is 1. The molecular weight excluding hydrogens is 367 g/mol. The van der Waals surface area contributed by atoms with Crippen LogP contribution in [0.1, 0.15) is 18.9 Å². The van der Waals surface area contributed by atoms with Gasteiger partial charge in [-0.2, -0.15) is 13.2 Å². The molecule has 0 saturated carbocycles. The Balaban J connectivity index is 1.41. The van der Waals surface area contributed by atoms with E-state index in [2.05, 4.69) is 15.0 Å². The van der Waals surface area contributed by atoms with Gasteiger partial charge >= 0.3 is 6.18 Å². The second kappa shape index (κ2) is 7.71. The maximum atomic E-state index is 12.5. The molecule has 4 rings (SSSR count). The number of imidazole rings is 1. The summed E-state index contributed by atoms with van der Waals surface area (Å²) in [4.78, 5) is 14.7. The molecule has 0 unspecified atom stereocenters. The summed E-state index contributed by atoms with van der Waals surface area (Å²) in [6.45, 7) is 0.0408. The van der Waals surface area contributed by atoms with E-state index in [9.17, 15) is 13.2 Å². The first-order valence-corrected chi connectivity index (χ1v) is 9.18. The van der Waals surface area contributed by atoms with Gasteiger partial charge in [0, 0.05) is 48.8 Å². The molecule has 3 heterocycles. The van der Waals surface area contributed by atoms with Crippen LogP contribution in [0.5, 0.6) is 0 Å². The Kier molecular flexibility index (Phi) is 5.13. The highest BCUT2D eigenvalue weighted by Gasteiger charge is 2.32. The standard InChI is InChI=1S/C20H20F3N5/c21-20(22,23)13-27-8-6-17(7-9-27)28-12-18(26-14-28)16-10-24-19(25-11-16)15-4-2-1-3-5-15/h1-5,10-12,14,17H,6-9,13H2. The normalized spacial score (nSPS) is 16.4. The summed E-state index contributed by atoms with van der Waals surface area (Å²) in [7, 11) is 0. The lowest BCUT2D eigenvalue weighted by molar-refractivity contribution is -0.148. The van der Waals surface area contributed by atoms with Gasteiger partial charge in [-0.05, 0) is 12.8 Å². The van der Waals surface area contributed by atoms with Crippen molar-refractivity contribution in [1.29, 1.82) is 0 Å². The predicted octanol–water partition coefficient (Wildman–Crippen LogP) is 4.21. The Bertz CT molecular complexity index is 898. The maximum absolute atomic E-state index is 12.5. The molecule has 0 atom stereocenters. The Labute approximate surface area is 160 Å². The molecule has 1 aliphatic rings. The highest BCUT2D eigenvalue weighted by Crippen LogP contribution is 2.27. The van der Waals surface area contributed by atoms with E-state index in [1.54, 1.807) is 18.7 Å². The van der Waals surface area contributed by atoms with Gasteiger partial charge < -0.3 is 4.57 Å². The molecule has 2 aromatic heterocycles. The molecule has 0 aliphatic carbocycles. The van der Waals surface area contributed by atoms with Crippen LogP contribution >= 0.6 is 0 Å². The first-order chi connectivity index (χ1) is 13.5. The number of rotatable bonds is 4. The van der Waals surface area contributed by atoms with E-state index in [4.69, 9.17) is 0 Å². The van der Waals surface area contributed by atoms with Crippen molar-refractivity contribution in [3.8, 4) is 22.6 Å². The summed E-state index contributed by atoms with van der Waals surface area (Å²) in [5.74, 6) is 0.654. The minimum absolute atomic E-state index is 0.162. The highest BCUT2D eigenvalue weighted by atomic mass is 19.4. The van der Waals surface area contributed by atoms with Crippen LogP contribution in [0.25, 0.3) is 22.6 Å². The fourth-order valence-electron chi connectivity index (χ4n) is 3.51. The van der Waals surface area contributed by atoms with Crippen LogP contribution in [0, 0.1) is 0 Å². The van der Waals surface area contributed by atoms with E-state index >= 15 is 0 Å². The summed E-state index contributed by atoms with van der Waals surface area (Å²) in [6, 6.07) is 9.89.